The SMILES string of the molecule is O=C(O)c1ccc(S(=O)(=O)Nc2nncs2)nc1. The molecule has 0 spiro atoms. The summed E-state index contributed by atoms with van der Waals surface area (Å²) in [6, 6.07) is 2.26. The highest BCUT2D eigenvalue weighted by Crippen LogP contribution is 2.15. The van der Waals surface area contributed by atoms with Crippen molar-refractivity contribution in [3.63, 3.8) is 0 Å². The van der Waals surface area contributed by atoms with Crippen LogP contribution in [0, 0.1) is 0 Å². The molecule has 8 nitrogen and oxygen atoms in total. The maximum absolute atomic E-state index is 11.8. The van der Waals surface area contributed by atoms with Crippen LogP contribution in [0.4, 0.5) is 5.13 Å². The van der Waals surface area contributed by atoms with E-state index in [4.69, 9.17) is 5.11 Å². The van der Waals surface area contributed by atoms with Gasteiger partial charge in [-0.2, -0.15) is 8.42 Å². The Kier molecular flexibility index (Phi) is 3.21. The standard InChI is InChI=1S/C8H6N4O4S2/c13-7(14)5-1-2-6(9-3-5)18(15,16)12-8-11-10-4-17-8/h1-4H,(H,11,12)(H,13,14). The summed E-state index contributed by atoms with van der Waals surface area (Å²) in [6.45, 7) is 0. The molecule has 2 rings (SSSR count). The predicted molar refractivity (Wildman–Crippen MR) is 61.9 cm³/mol. The van der Waals surface area contributed by atoms with Crippen molar-refractivity contribution in [2.24, 2.45) is 0 Å². The van der Waals surface area contributed by atoms with Crippen molar-refractivity contribution in [2.75, 3.05) is 4.72 Å². The van der Waals surface area contributed by atoms with Gasteiger partial charge in [0.25, 0.3) is 10.0 Å². The van der Waals surface area contributed by atoms with Gasteiger partial charge in [0.05, 0.1) is 5.56 Å². The van der Waals surface area contributed by atoms with Crippen LogP contribution in [0.15, 0.2) is 28.9 Å². The van der Waals surface area contributed by atoms with Gasteiger partial charge in [-0.1, -0.05) is 11.3 Å². The van der Waals surface area contributed by atoms with Gasteiger partial charge in [-0.25, -0.2) is 9.78 Å². The van der Waals surface area contributed by atoms with Crippen molar-refractivity contribution < 1.29 is 18.3 Å². The number of hydrogen-bond donors (Lipinski definition) is 2. The van der Waals surface area contributed by atoms with Crippen LogP contribution < -0.4 is 4.72 Å². The summed E-state index contributed by atoms with van der Waals surface area (Å²) in [5, 5.41) is 15.5. The summed E-state index contributed by atoms with van der Waals surface area (Å²) in [6.07, 6.45) is 0.969. The molecule has 0 amide bonds. The number of sulfonamides is 1. The molecule has 0 unspecified atom stereocenters. The molecule has 0 bridgehead atoms. The van der Waals surface area contributed by atoms with Crippen LogP contribution in [0.3, 0.4) is 0 Å². The van der Waals surface area contributed by atoms with Crippen LogP contribution >= 0.6 is 11.3 Å². The molecule has 94 valence electrons. The minimum atomic E-state index is -3.87. The zero-order valence-corrected chi connectivity index (χ0v) is 10.3. The first-order valence-corrected chi connectivity index (χ1v) is 6.83. The number of carbonyl (C=O) groups is 1. The Labute approximate surface area is 105 Å². The molecule has 2 aromatic rings. The molecule has 0 fully saturated rings. The van der Waals surface area contributed by atoms with Crippen LogP contribution in [0.25, 0.3) is 0 Å². The molecule has 2 aromatic heterocycles. The van der Waals surface area contributed by atoms with Crippen LogP contribution in [0.1, 0.15) is 10.4 Å². The highest BCUT2D eigenvalue weighted by Gasteiger charge is 2.17. The third-order valence-corrected chi connectivity index (χ3v) is 3.83. The van der Waals surface area contributed by atoms with Gasteiger partial charge in [-0.15, -0.1) is 10.2 Å². The summed E-state index contributed by atoms with van der Waals surface area (Å²) in [5.74, 6) is -1.18. The summed E-state index contributed by atoms with van der Waals surface area (Å²) in [5.41, 5.74) is 1.28. The lowest BCUT2D eigenvalue weighted by atomic mass is 10.3. The second kappa shape index (κ2) is 4.66. The molecule has 0 aliphatic carbocycles. The molecule has 18 heavy (non-hydrogen) atoms. The van der Waals surface area contributed by atoms with Crippen molar-refractivity contribution in [3.8, 4) is 0 Å². The Morgan fingerprint density at radius 3 is 2.67 bits per heavy atom. The summed E-state index contributed by atoms with van der Waals surface area (Å²) < 4.78 is 25.8. The Morgan fingerprint density at radius 1 is 1.39 bits per heavy atom. The van der Waals surface area contributed by atoms with E-state index in [1.807, 2.05) is 0 Å². The van der Waals surface area contributed by atoms with E-state index >= 15 is 0 Å². The number of carboxylic acids is 1. The fourth-order valence-electron chi connectivity index (χ4n) is 1.05. The van der Waals surface area contributed by atoms with Gasteiger partial charge >= 0.3 is 5.97 Å². The fourth-order valence-corrected chi connectivity index (χ4v) is 2.67. The zero-order chi connectivity index (χ0) is 13.2. The van der Waals surface area contributed by atoms with Crippen molar-refractivity contribution in [1.82, 2.24) is 15.2 Å². The maximum atomic E-state index is 11.8. The lowest BCUT2D eigenvalue weighted by Gasteiger charge is -2.03. The molecule has 0 saturated heterocycles. The second-order valence-electron chi connectivity index (χ2n) is 3.04. The first-order chi connectivity index (χ1) is 8.49. The van der Waals surface area contributed by atoms with E-state index < -0.39 is 16.0 Å². The van der Waals surface area contributed by atoms with E-state index in [2.05, 4.69) is 19.9 Å². The van der Waals surface area contributed by atoms with Crippen LogP contribution in [0.5, 0.6) is 0 Å². The molecule has 10 heteroatoms. The number of hydrogen-bond acceptors (Lipinski definition) is 7. The van der Waals surface area contributed by atoms with Gasteiger partial charge in [0.2, 0.25) is 5.13 Å². The van der Waals surface area contributed by atoms with Crippen LogP contribution in [-0.2, 0) is 10.0 Å². The van der Waals surface area contributed by atoms with Crippen LogP contribution in [-0.4, -0.2) is 34.7 Å². The van der Waals surface area contributed by atoms with E-state index in [9.17, 15) is 13.2 Å². The van der Waals surface area contributed by atoms with Crippen molar-refractivity contribution in [3.05, 3.63) is 29.4 Å². The number of rotatable bonds is 4. The third-order valence-electron chi connectivity index (χ3n) is 1.84. The minimum Gasteiger partial charge on any atom is -0.478 e. The smallest absolute Gasteiger partial charge is 0.337 e. The van der Waals surface area contributed by atoms with Crippen molar-refractivity contribution in [2.45, 2.75) is 5.03 Å². The van der Waals surface area contributed by atoms with Gasteiger partial charge in [0.15, 0.2) is 5.03 Å². The summed E-state index contributed by atoms with van der Waals surface area (Å²) in [7, 11) is -3.87. The lowest BCUT2D eigenvalue weighted by Crippen LogP contribution is -2.14. The average Bonchev–Trinajstić information content (AvgIpc) is 2.81. The number of nitrogens with zero attached hydrogens (tertiary/aromatic N) is 3. The molecule has 2 N–H and O–H groups in total. The van der Waals surface area contributed by atoms with E-state index in [1.165, 1.54) is 5.51 Å². The highest BCUT2D eigenvalue weighted by atomic mass is 32.2. The van der Waals surface area contributed by atoms with E-state index in [0.29, 0.717) is 0 Å². The summed E-state index contributed by atoms with van der Waals surface area (Å²) in [4.78, 5) is 14.2. The number of anilines is 1. The normalized spacial score (nSPS) is 11.1. The lowest BCUT2D eigenvalue weighted by molar-refractivity contribution is 0.0696. The topological polar surface area (TPSA) is 122 Å². The van der Waals surface area contributed by atoms with Crippen LogP contribution in [0.2, 0.25) is 0 Å². The zero-order valence-electron chi connectivity index (χ0n) is 8.64. The Bertz CT molecular complexity index is 651. The molecule has 0 aromatic carbocycles. The van der Waals surface area contributed by atoms with Gasteiger partial charge in [-0.05, 0) is 12.1 Å². The second-order valence-corrected chi connectivity index (χ2v) is 5.50. The molecule has 2 heterocycles. The number of aromatic nitrogens is 3. The fraction of sp³-hybridized carbons (Fsp3) is 0. The quantitative estimate of drug-likeness (QED) is 0.835. The van der Waals surface area contributed by atoms with Gasteiger partial charge in [0.1, 0.15) is 5.51 Å². The van der Waals surface area contributed by atoms with Crippen molar-refractivity contribution in [1.29, 1.82) is 0 Å². The monoisotopic (exact) mass is 286 g/mol. The molecule has 0 radical (unpaired) electrons. The number of aromatic carboxylic acids is 1. The Balaban J connectivity index is 2.27. The van der Waals surface area contributed by atoms with E-state index in [-0.39, 0.29) is 15.7 Å². The number of pyridine rings is 1. The number of nitrogens with one attached hydrogen (secondary N) is 1. The Hall–Kier alpha value is -2.07. The maximum Gasteiger partial charge on any atom is 0.337 e. The van der Waals surface area contributed by atoms with Gasteiger partial charge in [0, 0.05) is 6.20 Å². The molecule has 0 aliphatic rings. The first-order valence-electron chi connectivity index (χ1n) is 4.47. The first kappa shape index (κ1) is 12.4. The molecular weight excluding hydrogens is 280 g/mol. The number of carboxylic acid groups (broad SMARTS) is 1. The minimum absolute atomic E-state index is 0.0927. The Morgan fingerprint density at radius 2 is 2.17 bits per heavy atom. The molecule has 0 atom stereocenters. The predicted octanol–water partition coefficient (Wildman–Crippen LogP) is 0.432. The highest BCUT2D eigenvalue weighted by molar-refractivity contribution is 7.92. The van der Waals surface area contributed by atoms with E-state index in [0.717, 1.165) is 29.7 Å². The summed E-state index contributed by atoms with van der Waals surface area (Å²) >= 11 is 1.02. The molecule has 0 saturated carbocycles. The van der Waals surface area contributed by atoms with Gasteiger partial charge in [-0.3, -0.25) is 4.72 Å². The van der Waals surface area contributed by atoms with E-state index in [1.54, 1.807) is 0 Å². The molecular formula is C8H6N4O4S2. The van der Waals surface area contributed by atoms with Gasteiger partial charge < -0.3 is 5.11 Å². The third kappa shape index (κ3) is 2.60. The average molecular weight is 286 g/mol. The largest absolute Gasteiger partial charge is 0.478 e. The molecule has 0 aliphatic heterocycles. The van der Waals surface area contributed by atoms with Crippen molar-refractivity contribution >= 4 is 32.5 Å².